The lowest BCUT2D eigenvalue weighted by molar-refractivity contribution is -0.676. The smallest absolute Gasteiger partial charge is 0.119 e. The molecule has 0 spiro atoms. The van der Waals surface area contributed by atoms with Crippen molar-refractivity contribution in [2.75, 3.05) is 0 Å². The summed E-state index contributed by atoms with van der Waals surface area (Å²) in [5, 5.41) is 2.22. The molecule has 2 rings (SSSR count). The number of quaternary nitrogens is 1. The average Bonchev–Trinajstić information content (AvgIpc) is 2.33. The Labute approximate surface area is 53.1 Å². The van der Waals surface area contributed by atoms with Gasteiger partial charge in [0.25, 0.3) is 0 Å². The van der Waals surface area contributed by atoms with E-state index in [-0.39, 0.29) is 0 Å². The molecule has 2 N–H and O–H groups in total. The first kappa shape index (κ1) is 4.88. The zero-order chi connectivity index (χ0) is 6.10. The Morgan fingerprint density at radius 3 is 3.33 bits per heavy atom. The van der Waals surface area contributed by atoms with E-state index < -0.39 is 0 Å². The fourth-order valence-electron chi connectivity index (χ4n) is 1.10. The van der Waals surface area contributed by atoms with Gasteiger partial charge < -0.3 is 5.32 Å². The van der Waals surface area contributed by atoms with E-state index in [4.69, 9.17) is 0 Å². The van der Waals surface area contributed by atoms with Crippen molar-refractivity contribution >= 4 is 0 Å². The molecule has 0 saturated carbocycles. The topological polar surface area (TPSA) is 42.4 Å². The quantitative estimate of drug-likeness (QED) is 0.482. The Morgan fingerprint density at radius 2 is 2.44 bits per heavy atom. The van der Waals surface area contributed by atoms with Crippen LogP contribution < -0.4 is 5.32 Å². The molecule has 2 heterocycles. The molecule has 0 unspecified atom stereocenters. The third kappa shape index (κ3) is 0.695. The fraction of sp³-hybridized carbons (Fsp3) is 0.333. The monoisotopic (exact) mass is 122 g/mol. The molecule has 1 aromatic heterocycles. The van der Waals surface area contributed by atoms with Crippen LogP contribution in [0.1, 0.15) is 11.3 Å². The molecule has 0 atom stereocenters. The molecule has 0 saturated heterocycles. The maximum Gasteiger partial charge on any atom is 0.119 e. The summed E-state index contributed by atoms with van der Waals surface area (Å²) in [6, 6.07) is 0. The number of hydrogen-bond acceptors (Lipinski definition) is 2. The summed E-state index contributed by atoms with van der Waals surface area (Å²) >= 11 is 0. The van der Waals surface area contributed by atoms with Gasteiger partial charge in [0.2, 0.25) is 0 Å². The molecule has 0 aromatic carbocycles. The van der Waals surface area contributed by atoms with E-state index in [1.54, 1.807) is 6.33 Å². The van der Waals surface area contributed by atoms with Gasteiger partial charge in [0, 0.05) is 6.20 Å². The van der Waals surface area contributed by atoms with Crippen LogP contribution in [0.25, 0.3) is 0 Å². The first-order valence-electron chi connectivity index (χ1n) is 3.06. The van der Waals surface area contributed by atoms with Crippen molar-refractivity contribution in [2.45, 2.75) is 13.1 Å². The molecule has 0 fully saturated rings. The second kappa shape index (κ2) is 1.77. The van der Waals surface area contributed by atoms with E-state index in [9.17, 15) is 0 Å². The molecule has 0 bridgehead atoms. The molecule has 9 heavy (non-hydrogen) atoms. The lowest BCUT2D eigenvalue weighted by Gasteiger charge is -1.86. The summed E-state index contributed by atoms with van der Waals surface area (Å²) < 4.78 is 0. The minimum Gasteiger partial charge on any atom is -0.337 e. The lowest BCUT2D eigenvalue weighted by atomic mass is 10.3. The zero-order valence-electron chi connectivity index (χ0n) is 5.04. The third-order valence-electron chi connectivity index (χ3n) is 1.58. The molecule has 3 nitrogen and oxygen atoms in total. The van der Waals surface area contributed by atoms with Gasteiger partial charge in [0.05, 0.1) is 5.56 Å². The Bertz CT molecular complexity index is 198. The van der Waals surface area contributed by atoms with Crippen molar-refractivity contribution in [3.63, 3.8) is 0 Å². The summed E-state index contributed by atoms with van der Waals surface area (Å²) in [5.41, 5.74) is 2.49. The number of fused-ring (bicyclic) bond motifs is 1. The van der Waals surface area contributed by atoms with Gasteiger partial charge in [-0.05, 0) is 0 Å². The summed E-state index contributed by atoms with van der Waals surface area (Å²) in [4.78, 5) is 8.04. The van der Waals surface area contributed by atoms with E-state index in [1.807, 2.05) is 6.20 Å². The van der Waals surface area contributed by atoms with Crippen molar-refractivity contribution < 1.29 is 5.32 Å². The van der Waals surface area contributed by atoms with E-state index in [0.717, 1.165) is 13.1 Å². The number of hydrogen-bond donors (Lipinski definition) is 1. The highest BCUT2D eigenvalue weighted by Gasteiger charge is 2.12. The number of nitrogens with zero attached hydrogens (tertiary/aromatic N) is 2. The summed E-state index contributed by atoms with van der Waals surface area (Å²) in [7, 11) is 0. The maximum atomic E-state index is 4.12. The number of rotatable bonds is 0. The third-order valence-corrected chi connectivity index (χ3v) is 1.58. The zero-order valence-corrected chi connectivity index (χ0v) is 5.04. The summed E-state index contributed by atoms with van der Waals surface area (Å²) in [6.45, 7) is 2.08. The highest BCUT2D eigenvalue weighted by molar-refractivity contribution is 5.15. The molecule has 3 heteroatoms. The normalized spacial score (nSPS) is 15.6. The highest BCUT2D eigenvalue weighted by Crippen LogP contribution is 2.02. The van der Waals surface area contributed by atoms with Gasteiger partial charge >= 0.3 is 0 Å². The molecule has 0 radical (unpaired) electrons. The first-order valence-corrected chi connectivity index (χ1v) is 3.06. The van der Waals surface area contributed by atoms with Crippen LogP contribution in [0, 0.1) is 0 Å². The van der Waals surface area contributed by atoms with Crippen LogP contribution in [0.3, 0.4) is 0 Å². The minimum atomic E-state index is 1.03. The van der Waals surface area contributed by atoms with E-state index in [1.165, 1.54) is 11.3 Å². The standard InChI is InChI=1S/C6H7N3/c1-5-2-8-4-9-6(5)3-7-1/h2,4,7H,1,3H2/p+1. The first-order chi connectivity index (χ1) is 4.47. The second-order valence-corrected chi connectivity index (χ2v) is 2.19. The van der Waals surface area contributed by atoms with Crippen LogP contribution in [-0.2, 0) is 13.1 Å². The van der Waals surface area contributed by atoms with Gasteiger partial charge in [-0.15, -0.1) is 0 Å². The van der Waals surface area contributed by atoms with E-state index in [2.05, 4.69) is 15.3 Å². The van der Waals surface area contributed by atoms with Gasteiger partial charge in [0.15, 0.2) is 0 Å². The number of aromatic nitrogens is 2. The Morgan fingerprint density at radius 1 is 1.44 bits per heavy atom. The minimum absolute atomic E-state index is 1.03. The second-order valence-electron chi connectivity index (χ2n) is 2.19. The molecule has 1 aliphatic heterocycles. The van der Waals surface area contributed by atoms with Crippen molar-refractivity contribution in [3.05, 3.63) is 23.8 Å². The summed E-state index contributed by atoms with van der Waals surface area (Å²) in [5.74, 6) is 0. The Kier molecular flexibility index (Phi) is 0.960. The predicted octanol–water partition coefficient (Wildman–Crippen LogP) is -0.946. The van der Waals surface area contributed by atoms with Gasteiger partial charge in [-0.3, -0.25) is 0 Å². The van der Waals surface area contributed by atoms with Crippen LogP contribution in [-0.4, -0.2) is 9.97 Å². The Hall–Kier alpha value is -0.960. The van der Waals surface area contributed by atoms with E-state index >= 15 is 0 Å². The molecular formula is C6H8N3+. The van der Waals surface area contributed by atoms with Crippen LogP contribution in [0.15, 0.2) is 12.5 Å². The lowest BCUT2D eigenvalue weighted by Crippen LogP contribution is -2.77. The van der Waals surface area contributed by atoms with Gasteiger partial charge in [0.1, 0.15) is 25.1 Å². The maximum absolute atomic E-state index is 4.12. The fourth-order valence-corrected chi connectivity index (χ4v) is 1.10. The van der Waals surface area contributed by atoms with Crippen molar-refractivity contribution in [1.29, 1.82) is 0 Å². The van der Waals surface area contributed by atoms with E-state index in [0.29, 0.717) is 0 Å². The van der Waals surface area contributed by atoms with Gasteiger partial charge in [-0.25, -0.2) is 9.97 Å². The molecule has 0 aliphatic carbocycles. The van der Waals surface area contributed by atoms with Gasteiger partial charge in [-0.2, -0.15) is 0 Å². The van der Waals surface area contributed by atoms with Crippen molar-refractivity contribution in [1.82, 2.24) is 9.97 Å². The highest BCUT2D eigenvalue weighted by atomic mass is 15.0. The van der Waals surface area contributed by atoms with Crippen molar-refractivity contribution in [2.24, 2.45) is 0 Å². The van der Waals surface area contributed by atoms with Crippen LogP contribution in [0.5, 0.6) is 0 Å². The Balaban J connectivity index is 2.54. The molecule has 1 aromatic rings. The summed E-state index contributed by atoms with van der Waals surface area (Å²) in [6.07, 6.45) is 3.50. The molecule has 46 valence electrons. The molecular weight excluding hydrogens is 114 g/mol. The average molecular weight is 122 g/mol. The SMILES string of the molecule is c1ncc2c(n1)C[NH2+]C2. The molecule has 0 amide bonds. The molecule has 1 aliphatic rings. The van der Waals surface area contributed by atoms with Crippen LogP contribution in [0.2, 0.25) is 0 Å². The van der Waals surface area contributed by atoms with Crippen molar-refractivity contribution in [3.8, 4) is 0 Å². The van der Waals surface area contributed by atoms with Crippen LogP contribution >= 0.6 is 0 Å². The predicted molar refractivity (Wildman–Crippen MR) is 31.4 cm³/mol. The van der Waals surface area contributed by atoms with Crippen LogP contribution in [0.4, 0.5) is 0 Å². The largest absolute Gasteiger partial charge is 0.337 e. The van der Waals surface area contributed by atoms with Gasteiger partial charge in [-0.1, -0.05) is 0 Å². The number of nitrogens with two attached hydrogens (primary N) is 1.